The number of hydrogen-bond donors (Lipinski definition) is 2. The summed E-state index contributed by atoms with van der Waals surface area (Å²) in [6.07, 6.45) is 3.33. The lowest BCUT2D eigenvalue weighted by atomic mass is 10.1. The number of hydrogen-bond acceptors (Lipinski definition) is 4. The highest BCUT2D eigenvalue weighted by atomic mass is 32.2. The minimum Gasteiger partial charge on any atom is -0.362 e. The molecule has 0 unspecified atom stereocenters. The largest absolute Gasteiger partial charge is 0.362 e. The third kappa shape index (κ3) is 3.83. The molecule has 1 saturated heterocycles. The molecule has 1 aliphatic rings. The van der Waals surface area contributed by atoms with Gasteiger partial charge in [0.2, 0.25) is 5.91 Å². The van der Waals surface area contributed by atoms with E-state index in [0.29, 0.717) is 10.6 Å². The summed E-state index contributed by atoms with van der Waals surface area (Å²) < 4.78 is 0. The zero-order valence-corrected chi connectivity index (χ0v) is 14.6. The van der Waals surface area contributed by atoms with Crippen LogP contribution in [0.25, 0.3) is 6.08 Å². The van der Waals surface area contributed by atoms with Gasteiger partial charge in [-0.3, -0.25) is 19.3 Å². The Morgan fingerprint density at radius 2 is 2.08 bits per heavy atom. The summed E-state index contributed by atoms with van der Waals surface area (Å²) >= 11 is 0.832. The van der Waals surface area contributed by atoms with Crippen molar-refractivity contribution < 1.29 is 14.4 Å². The second kappa shape index (κ2) is 6.98. The molecule has 3 amide bonds. The topological polar surface area (TPSA) is 82.3 Å². The van der Waals surface area contributed by atoms with Crippen LogP contribution >= 0.6 is 11.8 Å². The maximum Gasteiger partial charge on any atom is 0.294 e. The zero-order chi connectivity index (χ0) is 18.0. The van der Waals surface area contributed by atoms with Gasteiger partial charge in [0.25, 0.3) is 11.1 Å². The van der Waals surface area contributed by atoms with Gasteiger partial charge >= 0.3 is 0 Å². The Kier molecular flexibility index (Phi) is 4.76. The number of aromatic nitrogens is 1. The number of benzene rings is 1. The van der Waals surface area contributed by atoms with E-state index in [1.165, 1.54) is 0 Å². The number of aryl methyl sites for hydroxylation is 2. The van der Waals surface area contributed by atoms with E-state index in [1.54, 1.807) is 24.4 Å². The fourth-order valence-corrected chi connectivity index (χ4v) is 3.24. The summed E-state index contributed by atoms with van der Waals surface area (Å²) in [4.78, 5) is 40.9. The van der Waals surface area contributed by atoms with Gasteiger partial charge in [-0.25, -0.2) is 0 Å². The number of aromatic amines is 1. The standard InChI is InChI=1S/C18H17N3O3S/c1-11-5-6-12(2)14(8-11)20-16(22)10-21-17(23)15(25-18(21)24)9-13-4-3-7-19-13/h3-9,19H,10H2,1-2H3,(H,20,22)/b15-9+. The van der Waals surface area contributed by atoms with Gasteiger partial charge in [-0.15, -0.1) is 0 Å². The Balaban J connectivity index is 1.70. The van der Waals surface area contributed by atoms with Crippen LogP contribution in [0.4, 0.5) is 10.5 Å². The second-order valence-electron chi connectivity index (χ2n) is 5.76. The summed E-state index contributed by atoms with van der Waals surface area (Å²) in [5, 5.41) is 2.31. The summed E-state index contributed by atoms with van der Waals surface area (Å²) in [6, 6.07) is 9.30. The molecule has 0 radical (unpaired) electrons. The lowest BCUT2D eigenvalue weighted by Gasteiger charge is -2.14. The maximum atomic E-state index is 12.4. The molecule has 6 nitrogen and oxygen atoms in total. The Bertz CT molecular complexity index is 872. The molecule has 128 valence electrons. The SMILES string of the molecule is Cc1ccc(C)c(NC(=O)CN2C(=O)S/C(=C/c3ccc[nH]3)C2=O)c1. The lowest BCUT2D eigenvalue weighted by molar-refractivity contribution is -0.127. The van der Waals surface area contributed by atoms with Gasteiger partial charge in [0.15, 0.2) is 0 Å². The molecular formula is C18H17N3O3S. The van der Waals surface area contributed by atoms with Crippen LogP contribution in [-0.2, 0) is 9.59 Å². The fraction of sp³-hybridized carbons (Fsp3) is 0.167. The zero-order valence-electron chi connectivity index (χ0n) is 13.8. The normalized spacial score (nSPS) is 15.9. The van der Waals surface area contributed by atoms with Gasteiger partial charge in [-0.2, -0.15) is 0 Å². The van der Waals surface area contributed by atoms with Crippen molar-refractivity contribution in [3.63, 3.8) is 0 Å². The molecule has 7 heteroatoms. The highest BCUT2D eigenvalue weighted by Gasteiger charge is 2.36. The third-order valence-electron chi connectivity index (χ3n) is 3.75. The van der Waals surface area contributed by atoms with E-state index in [2.05, 4.69) is 10.3 Å². The molecule has 2 aromatic rings. The van der Waals surface area contributed by atoms with Crippen LogP contribution in [0, 0.1) is 13.8 Å². The number of thioether (sulfide) groups is 1. The Hall–Kier alpha value is -2.80. The molecule has 3 rings (SSSR count). The quantitative estimate of drug-likeness (QED) is 0.825. The van der Waals surface area contributed by atoms with Gasteiger partial charge in [-0.05, 0) is 61.0 Å². The van der Waals surface area contributed by atoms with Gasteiger partial charge in [0.1, 0.15) is 6.54 Å². The third-order valence-corrected chi connectivity index (χ3v) is 4.66. The van der Waals surface area contributed by atoms with Crippen molar-refractivity contribution >= 4 is 40.6 Å². The number of nitrogens with zero attached hydrogens (tertiary/aromatic N) is 1. The molecule has 1 fully saturated rings. The molecule has 0 spiro atoms. The monoisotopic (exact) mass is 355 g/mol. The fourth-order valence-electron chi connectivity index (χ4n) is 2.42. The van der Waals surface area contributed by atoms with Crippen molar-refractivity contribution in [3.8, 4) is 0 Å². The highest BCUT2D eigenvalue weighted by molar-refractivity contribution is 8.18. The second-order valence-corrected chi connectivity index (χ2v) is 6.75. The number of imide groups is 1. The van der Waals surface area contributed by atoms with Crippen molar-refractivity contribution in [2.24, 2.45) is 0 Å². The molecular weight excluding hydrogens is 338 g/mol. The van der Waals surface area contributed by atoms with E-state index < -0.39 is 17.1 Å². The molecule has 2 N–H and O–H groups in total. The van der Waals surface area contributed by atoms with Crippen LogP contribution in [0.1, 0.15) is 16.8 Å². The highest BCUT2D eigenvalue weighted by Crippen LogP contribution is 2.31. The summed E-state index contributed by atoms with van der Waals surface area (Å²) in [5.41, 5.74) is 3.34. The molecule has 2 heterocycles. The molecule has 0 aliphatic carbocycles. The molecule has 1 aliphatic heterocycles. The van der Waals surface area contributed by atoms with Crippen LogP contribution in [0.3, 0.4) is 0 Å². The minimum atomic E-state index is -0.458. The predicted octanol–water partition coefficient (Wildman–Crippen LogP) is 3.31. The average molecular weight is 355 g/mol. The number of carbonyl (C=O) groups is 3. The van der Waals surface area contributed by atoms with E-state index >= 15 is 0 Å². The van der Waals surface area contributed by atoms with E-state index in [9.17, 15) is 14.4 Å². The number of rotatable bonds is 4. The minimum absolute atomic E-state index is 0.298. The van der Waals surface area contributed by atoms with E-state index in [1.807, 2.05) is 32.0 Å². The number of amides is 3. The van der Waals surface area contributed by atoms with E-state index in [4.69, 9.17) is 0 Å². The molecule has 25 heavy (non-hydrogen) atoms. The summed E-state index contributed by atoms with van der Waals surface area (Å²) in [7, 11) is 0. The van der Waals surface area contributed by atoms with Crippen LogP contribution in [0.2, 0.25) is 0 Å². The van der Waals surface area contributed by atoms with Crippen molar-refractivity contribution in [1.29, 1.82) is 0 Å². The van der Waals surface area contributed by atoms with Gasteiger partial charge < -0.3 is 10.3 Å². The molecule has 0 bridgehead atoms. The first-order valence-corrected chi connectivity index (χ1v) is 8.51. The first kappa shape index (κ1) is 17.0. The number of nitrogens with one attached hydrogen (secondary N) is 2. The number of anilines is 1. The number of H-pyrrole nitrogens is 1. The van der Waals surface area contributed by atoms with E-state index in [0.717, 1.165) is 33.5 Å². The molecule has 1 aromatic heterocycles. The van der Waals surface area contributed by atoms with Crippen molar-refractivity contribution in [1.82, 2.24) is 9.88 Å². The Morgan fingerprint density at radius 1 is 1.28 bits per heavy atom. The van der Waals surface area contributed by atoms with E-state index in [-0.39, 0.29) is 6.54 Å². The number of carbonyl (C=O) groups excluding carboxylic acids is 3. The smallest absolute Gasteiger partial charge is 0.294 e. The van der Waals surface area contributed by atoms with Gasteiger partial charge in [0, 0.05) is 17.6 Å². The van der Waals surface area contributed by atoms with Crippen LogP contribution in [0.5, 0.6) is 0 Å². The predicted molar refractivity (Wildman–Crippen MR) is 98.0 cm³/mol. The Labute approximate surface area is 149 Å². The first-order chi connectivity index (χ1) is 11.9. The van der Waals surface area contributed by atoms with Crippen molar-refractivity contribution in [2.75, 3.05) is 11.9 Å². The molecule has 1 aromatic carbocycles. The van der Waals surface area contributed by atoms with Crippen LogP contribution in [0.15, 0.2) is 41.4 Å². The Morgan fingerprint density at radius 3 is 2.80 bits per heavy atom. The average Bonchev–Trinajstić information content (AvgIpc) is 3.15. The van der Waals surface area contributed by atoms with Crippen molar-refractivity contribution in [3.05, 3.63) is 58.3 Å². The van der Waals surface area contributed by atoms with Gasteiger partial charge in [0.05, 0.1) is 4.91 Å². The maximum absolute atomic E-state index is 12.4. The summed E-state index contributed by atoms with van der Waals surface area (Å²) in [6.45, 7) is 3.51. The van der Waals surface area contributed by atoms with Gasteiger partial charge in [-0.1, -0.05) is 12.1 Å². The molecule has 0 atom stereocenters. The summed E-state index contributed by atoms with van der Waals surface area (Å²) in [5.74, 6) is -0.863. The lowest BCUT2D eigenvalue weighted by Crippen LogP contribution is -2.36. The van der Waals surface area contributed by atoms with Crippen LogP contribution < -0.4 is 5.32 Å². The van der Waals surface area contributed by atoms with Crippen LogP contribution in [-0.4, -0.2) is 33.5 Å². The first-order valence-electron chi connectivity index (χ1n) is 7.70. The van der Waals surface area contributed by atoms with Crippen molar-refractivity contribution in [2.45, 2.75) is 13.8 Å². The molecule has 0 saturated carbocycles.